The summed E-state index contributed by atoms with van der Waals surface area (Å²) in [6.45, 7) is 13.0. The van der Waals surface area contributed by atoms with Gasteiger partial charge in [-0.15, -0.1) is 0 Å². The van der Waals surface area contributed by atoms with E-state index in [1.165, 1.54) is 6.07 Å². The first kappa shape index (κ1) is 18.6. The van der Waals surface area contributed by atoms with Gasteiger partial charge in [0.25, 0.3) is 0 Å². The highest BCUT2D eigenvalue weighted by atomic mass is 19.1. The molecule has 1 aromatic heterocycles. The Kier molecular flexibility index (Phi) is 4.63. The lowest BCUT2D eigenvalue weighted by molar-refractivity contribution is 0.00578. The molecule has 25 heavy (non-hydrogen) atoms. The topological polar surface area (TPSA) is 54.8 Å². The fraction of sp³-hybridized carbons (Fsp3) is 0.722. The summed E-state index contributed by atoms with van der Waals surface area (Å²) in [5.41, 5.74) is -0.361. The summed E-state index contributed by atoms with van der Waals surface area (Å²) < 4.78 is 26.5. The maximum Gasteiger partial charge on any atom is 0.514 e. The van der Waals surface area contributed by atoms with Crippen LogP contribution in [0.15, 0.2) is 12.1 Å². The summed E-state index contributed by atoms with van der Waals surface area (Å²) in [5.74, 6) is 0.0600. The Hall–Kier alpha value is -1.18. The number of halogens is 1. The molecule has 2 saturated heterocycles. The molecule has 0 spiro atoms. The average Bonchev–Trinajstić information content (AvgIpc) is 2.73. The molecule has 0 aromatic carbocycles. The Morgan fingerprint density at radius 1 is 1.12 bits per heavy atom. The van der Waals surface area contributed by atoms with Gasteiger partial charge < -0.3 is 19.3 Å². The third-order valence-corrected chi connectivity index (χ3v) is 5.83. The third-order valence-electron chi connectivity index (χ3n) is 5.83. The number of hydrogen-bond donors (Lipinski definition) is 1. The van der Waals surface area contributed by atoms with Crippen molar-refractivity contribution in [1.29, 1.82) is 0 Å². The normalized spacial score (nSPS) is 31.4. The highest BCUT2D eigenvalue weighted by Gasteiger charge is 2.52. The minimum absolute atomic E-state index is 0.0606. The maximum atomic E-state index is 14.4. The standard InChI is InChI=1S/C18H28BFN2O3/c1-11-9-22(10-12(2)15(11)23)16-13(20)7-8-14(21-16)19-24-17(3,4)18(5,6)25-19/h7-8,11-12,15,23H,9-10H2,1-6H3. The van der Waals surface area contributed by atoms with Crippen molar-refractivity contribution in [3.05, 3.63) is 17.9 Å². The highest BCUT2D eigenvalue weighted by Crippen LogP contribution is 2.36. The number of anilines is 1. The van der Waals surface area contributed by atoms with Crippen molar-refractivity contribution >= 4 is 18.5 Å². The van der Waals surface area contributed by atoms with Gasteiger partial charge in [-0.25, -0.2) is 9.37 Å². The number of pyridine rings is 1. The summed E-state index contributed by atoms with van der Waals surface area (Å²) in [5, 5.41) is 10.1. The average molecular weight is 350 g/mol. The Bertz CT molecular complexity index is 627. The van der Waals surface area contributed by atoms with E-state index in [9.17, 15) is 9.50 Å². The Morgan fingerprint density at radius 3 is 2.16 bits per heavy atom. The largest absolute Gasteiger partial charge is 0.514 e. The van der Waals surface area contributed by atoms with Crippen molar-refractivity contribution in [2.45, 2.75) is 58.8 Å². The van der Waals surface area contributed by atoms with E-state index in [0.29, 0.717) is 24.5 Å². The molecule has 2 atom stereocenters. The number of nitrogens with zero attached hydrogens (tertiary/aromatic N) is 2. The van der Waals surface area contributed by atoms with Crippen molar-refractivity contribution in [3.8, 4) is 0 Å². The monoisotopic (exact) mass is 350 g/mol. The lowest BCUT2D eigenvalue weighted by atomic mass is 9.84. The van der Waals surface area contributed by atoms with E-state index in [2.05, 4.69) is 4.98 Å². The van der Waals surface area contributed by atoms with Gasteiger partial charge in [-0.2, -0.15) is 0 Å². The highest BCUT2D eigenvalue weighted by molar-refractivity contribution is 6.61. The molecule has 0 saturated carbocycles. The van der Waals surface area contributed by atoms with E-state index in [4.69, 9.17) is 9.31 Å². The first-order valence-corrected chi connectivity index (χ1v) is 8.97. The zero-order chi connectivity index (χ0) is 18.6. The number of aliphatic hydroxyl groups is 1. The van der Waals surface area contributed by atoms with Crippen LogP contribution in [0, 0.1) is 17.7 Å². The number of aromatic nitrogens is 1. The Labute approximate surface area is 149 Å². The molecule has 3 heterocycles. The molecule has 0 bridgehead atoms. The molecule has 1 aromatic rings. The van der Waals surface area contributed by atoms with Gasteiger partial charge in [0, 0.05) is 13.1 Å². The molecular weight excluding hydrogens is 322 g/mol. The predicted molar refractivity (Wildman–Crippen MR) is 96.5 cm³/mol. The number of piperidine rings is 1. The van der Waals surface area contributed by atoms with E-state index >= 15 is 0 Å². The molecule has 138 valence electrons. The van der Waals surface area contributed by atoms with Crippen LogP contribution in [0.4, 0.5) is 10.2 Å². The second kappa shape index (κ2) is 6.22. The van der Waals surface area contributed by atoms with Gasteiger partial charge in [-0.1, -0.05) is 13.8 Å². The number of aliphatic hydroxyl groups excluding tert-OH is 1. The van der Waals surface area contributed by atoms with Gasteiger partial charge in [0.1, 0.15) is 0 Å². The quantitative estimate of drug-likeness (QED) is 0.827. The molecule has 0 radical (unpaired) electrons. The van der Waals surface area contributed by atoms with Crippen molar-refractivity contribution < 1.29 is 18.8 Å². The summed E-state index contributed by atoms with van der Waals surface area (Å²) in [6, 6.07) is 3.04. The van der Waals surface area contributed by atoms with Crippen molar-refractivity contribution in [2.75, 3.05) is 18.0 Å². The van der Waals surface area contributed by atoms with Gasteiger partial charge in [-0.05, 0) is 51.7 Å². The van der Waals surface area contributed by atoms with Crippen molar-refractivity contribution in [2.24, 2.45) is 11.8 Å². The van der Waals surface area contributed by atoms with E-state index in [1.54, 1.807) is 6.07 Å². The molecule has 2 aliphatic heterocycles. The van der Waals surface area contributed by atoms with Crippen LogP contribution in [0.1, 0.15) is 41.5 Å². The van der Waals surface area contributed by atoms with E-state index in [-0.39, 0.29) is 23.8 Å². The minimum atomic E-state index is -0.616. The summed E-state index contributed by atoms with van der Waals surface area (Å²) in [7, 11) is -0.616. The van der Waals surface area contributed by atoms with Gasteiger partial charge in [0.2, 0.25) is 0 Å². The van der Waals surface area contributed by atoms with Crippen LogP contribution < -0.4 is 10.5 Å². The molecule has 3 rings (SSSR count). The van der Waals surface area contributed by atoms with Crippen LogP contribution in [0.5, 0.6) is 0 Å². The van der Waals surface area contributed by atoms with Gasteiger partial charge in [0.05, 0.1) is 22.9 Å². The maximum absolute atomic E-state index is 14.4. The third kappa shape index (κ3) is 3.29. The minimum Gasteiger partial charge on any atom is -0.398 e. The molecule has 0 aliphatic carbocycles. The summed E-state index contributed by atoms with van der Waals surface area (Å²) in [6.07, 6.45) is -0.370. The first-order chi connectivity index (χ1) is 11.5. The van der Waals surface area contributed by atoms with Gasteiger partial charge in [-0.3, -0.25) is 0 Å². The molecule has 1 N–H and O–H groups in total. The molecule has 7 heteroatoms. The van der Waals surface area contributed by atoms with Crippen LogP contribution >= 0.6 is 0 Å². The SMILES string of the molecule is CC1CN(c2nc(B3OC(C)(C)C(C)(C)O3)ccc2F)CC(C)C1O. The van der Waals surface area contributed by atoms with Crippen molar-refractivity contribution in [3.63, 3.8) is 0 Å². The molecule has 2 fully saturated rings. The second-order valence-corrected chi connectivity index (χ2v) is 8.48. The van der Waals surface area contributed by atoms with E-state index in [1.807, 2.05) is 46.4 Å². The van der Waals surface area contributed by atoms with Crippen LogP contribution in [0.25, 0.3) is 0 Å². The zero-order valence-electron chi connectivity index (χ0n) is 15.9. The molecule has 5 nitrogen and oxygen atoms in total. The second-order valence-electron chi connectivity index (χ2n) is 8.48. The molecule has 2 aliphatic rings. The number of hydrogen-bond acceptors (Lipinski definition) is 5. The lowest BCUT2D eigenvalue weighted by Gasteiger charge is -2.39. The fourth-order valence-electron chi connectivity index (χ4n) is 3.48. The Balaban J connectivity index is 1.87. The van der Waals surface area contributed by atoms with Gasteiger partial charge in [0.15, 0.2) is 11.6 Å². The van der Waals surface area contributed by atoms with E-state index < -0.39 is 18.3 Å². The van der Waals surface area contributed by atoms with Crippen LogP contribution in [-0.2, 0) is 9.31 Å². The molecule has 2 unspecified atom stereocenters. The predicted octanol–water partition coefficient (Wildman–Crippen LogP) is 1.97. The fourth-order valence-corrected chi connectivity index (χ4v) is 3.48. The molecule has 0 amide bonds. The zero-order valence-corrected chi connectivity index (χ0v) is 15.9. The first-order valence-electron chi connectivity index (χ1n) is 8.97. The molecular formula is C18H28BFN2O3. The van der Waals surface area contributed by atoms with Crippen LogP contribution in [0.3, 0.4) is 0 Å². The number of rotatable bonds is 2. The van der Waals surface area contributed by atoms with Crippen LogP contribution in [-0.4, -0.2) is 47.6 Å². The smallest absolute Gasteiger partial charge is 0.398 e. The van der Waals surface area contributed by atoms with Gasteiger partial charge >= 0.3 is 7.12 Å². The van der Waals surface area contributed by atoms with E-state index in [0.717, 1.165) is 0 Å². The lowest BCUT2D eigenvalue weighted by Crippen LogP contribution is -2.49. The van der Waals surface area contributed by atoms with Crippen molar-refractivity contribution in [1.82, 2.24) is 4.98 Å². The Morgan fingerprint density at radius 2 is 1.64 bits per heavy atom. The summed E-state index contributed by atoms with van der Waals surface area (Å²) in [4.78, 5) is 6.43. The van der Waals surface area contributed by atoms with Crippen LogP contribution in [0.2, 0.25) is 0 Å². The summed E-state index contributed by atoms with van der Waals surface area (Å²) >= 11 is 0.